The lowest BCUT2D eigenvalue weighted by Gasteiger charge is -2.13. The van der Waals surface area contributed by atoms with Gasteiger partial charge in [0.05, 0.1) is 6.20 Å². The van der Waals surface area contributed by atoms with Crippen LogP contribution in [-0.2, 0) is 19.9 Å². The van der Waals surface area contributed by atoms with Crippen molar-refractivity contribution in [3.05, 3.63) is 52.8 Å². The van der Waals surface area contributed by atoms with Crippen molar-refractivity contribution < 1.29 is 0 Å². The highest BCUT2D eigenvalue weighted by Crippen LogP contribution is 2.14. The third-order valence-corrected chi connectivity index (χ3v) is 3.55. The molecule has 0 saturated carbocycles. The predicted molar refractivity (Wildman–Crippen MR) is 79.1 cm³/mol. The van der Waals surface area contributed by atoms with Crippen LogP contribution in [0.1, 0.15) is 28.7 Å². The molecule has 1 heterocycles. The van der Waals surface area contributed by atoms with E-state index in [-0.39, 0.29) is 6.04 Å². The van der Waals surface area contributed by atoms with Crippen molar-refractivity contribution in [1.82, 2.24) is 9.78 Å². The molecule has 0 bridgehead atoms. The van der Waals surface area contributed by atoms with Crippen LogP contribution in [0.3, 0.4) is 0 Å². The molecule has 0 spiro atoms. The third kappa shape index (κ3) is 3.93. The van der Waals surface area contributed by atoms with Crippen LogP contribution in [0.5, 0.6) is 0 Å². The average Bonchev–Trinajstić information content (AvgIpc) is 2.77. The second-order valence-corrected chi connectivity index (χ2v) is 5.46. The zero-order valence-electron chi connectivity index (χ0n) is 12.1. The van der Waals surface area contributed by atoms with E-state index in [1.807, 2.05) is 17.9 Å². The van der Waals surface area contributed by atoms with Crippen molar-refractivity contribution in [2.75, 3.05) is 0 Å². The van der Waals surface area contributed by atoms with E-state index >= 15 is 0 Å². The summed E-state index contributed by atoms with van der Waals surface area (Å²) >= 11 is 0. The fourth-order valence-corrected chi connectivity index (χ4v) is 2.36. The molecule has 1 unspecified atom stereocenters. The number of rotatable bonds is 5. The van der Waals surface area contributed by atoms with E-state index in [2.05, 4.69) is 43.3 Å². The van der Waals surface area contributed by atoms with Gasteiger partial charge in [-0.1, -0.05) is 23.8 Å². The van der Waals surface area contributed by atoms with Crippen LogP contribution >= 0.6 is 0 Å². The Hall–Kier alpha value is -1.61. The molecular weight excluding hydrogens is 234 g/mol. The molecule has 0 amide bonds. The largest absolute Gasteiger partial charge is 0.327 e. The monoisotopic (exact) mass is 257 g/mol. The maximum Gasteiger partial charge on any atom is 0.0521 e. The lowest BCUT2D eigenvalue weighted by molar-refractivity contribution is 0.608. The molecule has 0 radical (unpaired) electrons. The van der Waals surface area contributed by atoms with Crippen LogP contribution in [0.15, 0.2) is 30.6 Å². The first-order chi connectivity index (χ1) is 9.04. The van der Waals surface area contributed by atoms with Gasteiger partial charge in [0.25, 0.3) is 0 Å². The number of aryl methyl sites for hydroxylation is 4. The Morgan fingerprint density at radius 3 is 2.79 bits per heavy atom. The molecule has 0 fully saturated rings. The first-order valence-corrected chi connectivity index (χ1v) is 6.84. The molecule has 0 aliphatic rings. The van der Waals surface area contributed by atoms with E-state index in [0.717, 1.165) is 19.3 Å². The second-order valence-electron chi connectivity index (χ2n) is 5.46. The summed E-state index contributed by atoms with van der Waals surface area (Å²) < 4.78 is 1.84. The minimum Gasteiger partial charge on any atom is -0.327 e. The molecule has 2 N–H and O–H groups in total. The fourth-order valence-electron chi connectivity index (χ4n) is 2.36. The van der Waals surface area contributed by atoms with Gasteiger partial charge in [-0.3, -0.25) is 4.68 Å². The lowest BCUT2D eigenvalue weighted by atomic mass is 9.96. The van der Waals surface area contributed by atoms with Crippen LogP contribution in [0, 0.1) is 13.8 Å². The molecule has 1 atom stereocenters. The number of hydrogen-bond acceptors (Lipinski definition) is 2. The highest BCUT2D eigenvalue weighted by atomic mass is 15.2. The highest BCUT2D eigenvalue weighted by molar-refractivity contribution is 5.31. The Kier molecular flexibility index (Phi) is 4.38. The summed E-state index contributed by atoms with van der Waals surface area (Å²) in [6, 6.07) is 6.79. The van der Waals surface area contributed by atoms with Gasteiger partial charge in [0.15, 0.2) is 0 Å². The van der Waals surface area contributed by atoms with Gasteiger partial charge in [0.1, 0.15) is 0 Å². The summed E-state index contributed by atoms with van der Waals surface area (Å²) in [6.07, 6.45) is 6.93. The molecule has 102 valence electrons. The van der Waals surface area contributed by atoms with Crippen LogP contribution in [0.25, 0.3) is 0 Å². The van der Waals surface area contributed by atoms with Crippen molar-refractivity contribution in [2.24, 2.45) is 12.8 Å². The van der Waals surface area contributed by atoms with Gasteiger partial charge in [-0.25, -0.2) is 0 Å². The quantitative estimate of drug-likeness (QED) is 0.894. The van der Waals surface area contributed by atoms with Crippen LogP contribution in [-0.4, -0.2) is 15.8 Å². The molecule has 0 saturated heterocycles. The van der Waals surface area contributed by atoms with Gasteiger partial charge < -0.3 is 5.73 Å². The Morgan fingerprint density at radius 1 is 1.32 bits per heavy atom. The first kappa shape index (κ1) is 13.8. The Bertz CT molecular complexity index is 543. The van der Waals surface area contributed by atoms with Crippen LogP contribution in [0.2, 0.25) is 0 Å². The van der Waals surface area contributed by atoms with Gasteiger partial charge in [0, 0.05) is 19.3 Å². The van der Waals surface area contributed by atoms with Gasteiger partial charge in [-0.05, 0) is 49.8 Å². The number of hydrogen-bond donors (Lipinski definition) is 1. The molecule has 1 aromatic heterocycles. The van der Waals surface area contributed by atoms with E-state index in [4.69, 9.17) is 5.73 Å². The first-order valence-electron chi connectivity index (χ1n) is 6.84. The Labute approximate surface area is 115 Å². The third-order valence-electron chi connectivity index (χ3n) is 3.55. The average molecular weight is 257 g/mol. The molecule has 0 aliphatic heterocycles. The zero-order valence-corrected chi connectivity index (χ0v) is 12.1. The summed E-state index contributed by atoms with van der Waals surface area (Å²) in [6.45, 7) is 4.28. The van der Waals surface area contributed by atoms with Crippen molar-refractivity contribution in [3.63, 3.8) is 0 Å². The molecule has 19 heavy (non-hydrogen) atoms. The SMILES string of the molecule is Cc1ccc(C)c(CC(N)CCc2cnn(C)c2)c1. The van der Waals surface area contributed by atoms with Crippen molar-refractivity contribution in [1.29, 1.82) is 0 Å². The molecule has 3 heteroatoms. The summed E-state index contributed by atoms with van der Waals surface area (Å²) in [4.78, 5) is 0. The van der Waals surface area contributed by atoms with Crippen LogP contribution < -0.4 is 5.73 Å². The Morgan fingerprint density at radius 2 is 2.11 bits per heavy atom. The summed E-state index contributed by atoms with van der Waals surface area (Å²) in [5.41, 5.74) is 11.5. The molecular formula is C16H23N3. The number of nitrogens with zero attached hydrogens (tertiary/aromatic N) is 2. The van der Waals surface area contributed by atoms with Gasteiger partial charge in [0.2, 0.25) is 0 Å². The van der Waals surface area contributed by atoms with E-state index < -0.39 is 0 Å². The minimum atomic E-state index is 0.209. The lowest BCUT2D eigenvalue weighted by Crippen LogP contribution is -2.24. The van der Waals surface area contributed by atoms with Crippen molar-refractivity contribution >= 4 is 0 Å². The molecule has 0 aliphatic carbocycles. The van der Waals surface area contributed by atoms with E-state index in [0.29, 0.717) is 0 Å². The molecule has 2 aromatic rings. The fraction of sp³-hybridized carbons (Fsp3) is 0.438. The van der Waals surface area contributed by atoms with E-state index in [1.165, 1.54) is 22.3 Å². The summed E-state index contributed by atoms with van der Waals surface area (Å²) in [5.74, 6) is 0. The second kappa shape index (κ2) is 6.02. The number of nitrogens with two attached hydrogens (primary N) is 1. The smallest absolute Gasteiger partial charge is 0.0521 e. The highest BCUT2D eigenvalue weighted by Gasteiger charge is 2.08. The molecule has 2 rings (SSSR count). The van der Waals surface area contributed by atoms with Gasteiger partial charge in [-0.15, -0.1) is 0 Å². The van der Waals surface area contributed by atoms with Crippen molar-refractivity contribution in [2.45, 2.75) is 39.2 Å². The maximum atomic E-state index is 6.25. The maximum absolute atomic E-state index is 6.25. The predicted octanol–water partition coefficient (Wildman–Crippen LogP) is 2.54. The van der Waals surface area contributed by atoms with Gasteiger partial charge >= 0.3 is 0 Å². The standard InChI is InChI=1S/C16H23N3/c1-12-4-5-13(2)15(8-12)9-16(17)7-6-14-10-18-19(3)11-14/h4-5,8,10-11,16H,6-7,9,17H2,1-3H3. The van der Waals surface area contributed by atoms with Crippen molar-refractivity contribution in [3.8, 4) is 0 Å². The van der Waals surface area contributed by atoms with E-state index in [9.17, 15) is 0 Å². The van der Waals surface area contributed by atoms with Gasteiger partial charge in [-0.2, -0.15) is 5.10 Å². The number of aromatic nitrogens is 2. The zero-order chi connectivity index (χ0) is 13.8. The normalized spacial score (nSPS) is 12.6. The summed E-state index contributed by atoms with van der Waals surface area (Å²) in [7, 11) is 1.94. The topological polar surface area (TPSA) is 43.8 Å². The molecule has 1 aromatic carbocycles. The molecule has 3 nitrogen and oxygen atoms in total. The summed E-state index contributed by atoms with van der Waals surface area (Å²) in [5, 5.41) is 4.18. The van der Waals surface area contributed by atoms with E-state index in [1.54, 1.807) is 0 Å². The minimum absolute atomic E-state index is 0.209. The number of benzene rings is 1. The Balaban J connectivity index is 1.90. The van der Waals surface area contributed by atoms with Crippen LogP contribution in [0.4, 0.5) is 0 Å².